The van der Waals surface area contributed by atoms with Crippen molar-refractivity contribution in [1.29, 1.82) is 0 Å². The molecule has 1 aliphatic rings. The summed E-state index contributed by atoms with van der Waals surface area (Å²) in [6.07, 6.45) is 2.41. The van der Waals surface area contributed by atoms with E-state index in [-0.39, 0.29) is 23.8 Å². The van der Waals surface area contributed by atoms with Gasteiger partial charge in [-0.05, 0) is 18.8 Å². The SMILES string of the molecule is CC(C(=O)Cc1ccccc1[N+](=O)[O-])C1CC1. The average Bonchev–Trinajstić information content (AvgIpc) is 3.12. The first-order valence-corrected chi connectivity index (χ1v) is 5.84. The lowest BCUT2D eigenvalue weighted by molar-refractivity contribution is -0.385. The van der Waals surface area contributed by atoms with Crippen LogP contribution in [-0.4, -0.2) is 10.7 Å². The minimum Gasteiger partial charge on any atom is -0.299 e. The van der Waals surface area contributed by atoms with Crippen LogP contribution >= 0.6 is 0 Å². The fourth-order valence-electron chi connectivity index (χ4n) is 2.05. The van der Waals surface area contributed by atoms with Crippen molar-refractivity contribution in [2.45, 2.75) is 26.2 Å². The topological polar surface area (TPSA) is 60.2 Å². The highest BCUT2D eigenvalue weighted by atomic mass is 16.6. The quantitative estimate of drug-likeness (QED) is 0.580. The van der Waals surface area contributed by atoms with E-state index in [0.717, 1.165) is 12.8 Å². The van der Waals surface area contributed by atoms with Crippen molar-refractivity contribution in [1.82, 2.24) is 0 Å². The Hall–Kier alpha value is -1.71. The Kier molecular flexibility index (Phi) is 3.22. The number of para-hydroxylation sites is 1. The minimum absolute atomic E-state index is 0.0369. The second-order valence-electron chi connectivity index (χ2n) is 4.66. The van der Waals surface area contributed by atoms with Gasteiger partial charge >= 0.3 is 0 Å². The molecule has 0 amide bonds. The molecule has 17 heavy (non-hydrogen) atoms. The number of benzene rings is 1. The standard InChI is InChI=1S/C13H15NO3/c1-9(10-6-7-10)13(15)8-11-4-2-3-5-12(11)14(16)17/h2-5,9-10H,6-8H2,1H3. The second kappa shape index (κ2) is 4.65. The van der Waals surface area contributed by atoms with Crippen LogP contribution in [0.4, 0.5) is 5.69 Å². The first-order valence-electron chi connectivity index (χ1n) is 5.84. The molecule has 0 radical (unpaired) electrons. The van der Waals surface area contributed by atoms with Crippen LogP contribution in [0.15, 0.2) is 24.3 Å². The summed E-state index contributed by atoms with van der Waals surface area (Å²) in [6, 6.07) is 6.47. The predicted molar refractivity (Wildman–Crippen MR) is 63.7 cm³/mol. The van der Waals surface area contributed by atoms with E-state index in [1.807, 2.05) is 6.92 Å². The van der Waals surface area contributed by atoms with Gasteiger partial charge in [-0.3, -0.25) is 14.9 Å². The Bertz CT molecular complexity index is 452. The number of nitro groups is 1. The molecule has 0 aromatic heterocycles. The van der Waals surface area contributed by atoms with Gasteiger partial charge in [0.05, 0.1) is 4.92 Å². The first kappa shape index (κ1) is 11.8. The number of ketones is 1. The highest BCUT2D eigenvalue weighted by Gasteiger charge is 2.32. The van der Waals surface area contributed by atoms with Crippen LogP contribution in [0, 0.1) is 22.0 Å². The molecule has 1 fully saturated rings. The van der Waals surface area contributed by atoms with Crippen LogP contribution in [0.5, 0.6) is 0 Å². The van der Waals surface area contributed by atoms with Crippen LogP contribution in [0.25, 0.3) is 0 Å². The van der Waals surface area contributed by atoms with Crippen molar-refractivity contribution in [3.8, 4) is 0 Å². The lowest BCUT2D eigenvalue weighted by atomic mass is 9.95. The number of Topliss-reactive ketones (excluding diaryl/α,β-unsaturated/α-hetero) is 1. The molecule has 1 aromatic rings. The molecule has 2 rings (SSSR count). The van der Waals surface area contributed by atoms with Crippen LogP contribution in [0.1, 0.15) is 25.3 Å². The smallest absolute Gasteiger partial charge is 0.273 e. The van der Waals surface area contributed by atoms with Crippen LogP contribution in [0.2, 0.25) is 0 Å². The number of nitrogens with zero attached hydrogens (tertiary/aromatic N) is 1. The summed E-state index contributed by atoms with van der Waals surface area (Å²) in [5.74, 6) is 0.655. The summed E-state index contributed by atoms with van der Waals surface area (Å²) in [7, 11) is 0. The summed E-state index contributed by atoms with van der Waals surface area (Å²) in [4.78, 5) is 22.3. The van der Waals surface area contributed by atoms with E-state index >= 15 is 0 Å². The number of carbonyl (C=O) groups excluding carboxylic acids is 1. The molecule has 0 aliphatic heterocycles. The fraction of sp³-hybridized carbons (Fsp3) is 0.462. The van der Waals surface area contributed by atoms with E-state index in [0.29, 0.717) is 11.5 Å². The van der Waals surface area contributed by atoms with E-state index in [1.165, 1.54) is 6.07 Å². The van der Waals surface area contributed by atoms with Gasteiger partial charge < -0.3 is 0 Å². The zero-order chi connectivity index (χ0) is 12.4. The average molecular weight is 233 g/mol. The van der Waals surface area contributed by atoms with E-state index in [4.69, 9.17) is 0 Å². The molecule has 0 bridgehead atoms. The second-order valence-corrected chi connectivity index (χ2v) is 4.66. The van der Waals surface area contributed by atoms with Crippen molar-refractivity contribution >= 4 is 11.5 Å². The lowest BCUT2D eigenvalue weighted by Gasteiger charge is -2.08. The van der Waals surface area contributed by atoms with Gasteiger partial charge in [0.1, 0.15) is 5.78 Å². The molecule has 1 saturated carbocycles. The van der Waals surface area contributed by atoms with Crippen molar-refractivity contribution in [2.75, 3.05) is 0 Å². The van der Waals surface area contributed by atoms with Gasteiger partial charge in [0.2, 0.25) is 0 Å². The predicted octanol–water partition coefficient (Wildman–Crippen LogP) is 2.75. The number of rotatable bonds is 5. The molecule has 1 aromatic carbocycles. The fourth-order valence-corrected chi connectivity index (χ4v) is 2.05. The van der Waals surface area contributed by atoms with Crippen LogP contribution in [0.3, 0.4) is 0 Å². The Morgan fingerprint density at radius 1 is 1.47 bits per heavy atom. The number of carbonyl (C=O) groups is 1. The molecule has 0 spiro atoms. The van der Waals surface area contributed by atoms with Crippen molar-refractivity contribution < 1.29 is 9.72 Å². The van der Waals surface area contributed by atoms with Gasteiger partial charge in [-0.25, -0.2) is 0 Å². The van der Waals surface area contributed by atoms with Crippen LogP contribution in [-0.2, 0) is 11.2 Å². The molecule has 1 unspecified atom stereocenters. The van der Waals surface area contributed by atoms with E-state index in [1.54, 1.807) is 18.2 Å². The number of nitro benzene ring substituents is 1. The van der Waals surface area contributed by atoms with Gasteiger partial charge in [-0.15, -0.1) is 0 Å². The zero-order valence-corrected chi connectivity index (χ0v) is 9.76. The largest absolute Gasteiger partial charge is 0.299 e. The summed E-state index contributed by atoms with van der Waals surface area (Å²) in [6.45, 7) is 1.93. The Morgan fingerprint density at radius 2 is 2.12 bits per heavy atom. The third-order valence-corrected chi connectivity index (χ3v) is 3.39. The normalized spacial score (nSPS) is 16.5. The molecule has 90 valence electrons. The van der Waals surface area contributed by atoms with Crippen molar-refractivity contribution in [3.05, 3.63) is 39.9 Å². The Morgan fingerprint density at radius 3 is 2.71 bits per heavy atom. The maximum atomic E-state index is 11.9. The summed E-state index contributed by atoms with van der Waals surface area (Å²) in [5, 5.41) is 10.8. The molecule has 0 N–H and O–H groups in total. The molecular weight excluding hydrogens is 218 g/mol. The molecule has 1 atom stereocenters. The molecular formula is C13H15NO3. The van der Waals surface area contributed by atoms with Gasteiger partial charge in [0.15, 0.2) is 0 Å². The van der Waals surface area contributed by atoms with Gasteiger partial charge in [0.25, 0.3) is 5.69 Å². The summed E-state index contributed by atoms with van der Waals surface area (Å²) in [5.41, 5.74) is 0.568. The summed E-state index contributed by atoms with van der Waals surface area (Å²) < 4.78 is 0. The number of hydrogen-bond donors (Lipinski definition) is 0. The van der Waals surface area contributed by atoms with Gasteiger partial charge in [0, 0.05) is 24.0 Å². The third kappa shape index (κ3) is 2.70. The van der Waals surface area contributed by atoms with Gasteiger partial charge in [-0.1, -0.05) is 25.1 Å². The van der Waals surface area contributed by atoms with Crippen LogP contribution < -0.4 is 0 Å². The molecule has 1 aliphatic carbocycles. The van der Waals surface area contributed by atoms with Crippen molar-refractivity contribution in [3.63, 3.8) is 0 Å². The zero-order valence-electron chi connectivity index (χ0n) is 9.76. The maximum Gasteiger partial charge on any atom is 0.273 e. The number of hydrogen-bond acceptors (Lipinski definition) is 3. The molecule has 0 heterocycles. The minimum atomic E-state index is -0.426. The van der Waals surface area contributed by atoms with Gasteiger partial charge in [-0.2, -0.15) is 0 Å². The monoisotopic (exact) mass is 233 g/mol. The first-order chi connectivity index (χ1) is 8.09. The van der Waals surface area contributed by atoms with E-state index in [2.05, 4.69) is 0 Å². The highest BCUT2D eigenvalue weighted by Crippen LogP contribution is 2.37. The van der Waals surface area contributed by atoms with Crippen molar-refractivity contribution in [2.24, 2.45) is 11.8 Å². The lowest BCUT2D eigenvalue weighted by Crippen LogP contribution is -2.16. The van der Waals surface area contributed by atoms with E-state index < -0.39 is 4.92 Å². The van der Waals surface area contributed by atoms with E-state index in [9.17, 15) is 14.9 Å². The summed E-state index contributed by atoms with van der Waals surface area (Å²) >= 11 is 0. The highest BCUT2D eigenvalue weighted by molar-refractivity contribution is 5.84. The molecule has 4 heteroatoms. The maximum absolute atomic E-state index is 11.9. The Balaban J connectivity index is 2.12. The Labute approximate surface area is 99.8 Å². The third-order valence-electron chi connectivity index (χ3n) is 3.39. The molecule has 4 nitrogen and oxygen atoms in total. The molecule has 0 saturated heterocycles.